The van der Waals surface area contributed by atoms with Gasteiger partial charge >= 0.3 is 0 Å². The molecule has 0 unspecified atom stereocenters. The van der Waals surface area contributed by atoms with Crippen molar-refractivity contribution in [3.8, 4) is 0 Å². The lowest BCUT2D eigenvalue weighted by Crippen LogP contribution is -2.27. The second-order valence-electron chi connectivity index (χ2n) is 4.66. The van der Waals surface area contributed by atoms with E-state index in [0.717, 1.165) is 4.47 Å². The van der Waals surface area contributed by atoms with Gasteiger partial charge in [0.25, 0.3) is 0 Å². The molecule has 1 saturated heterocycles. The van der Waals surface area contributed by atoms with Gasteiger partial charge in [0.05, 0.1) is 0 Å². The van der Waals surface area contributed by atoms with Crippen LogP contribution in [0.2, 0.25) is 0 Å². The highest BCUT2D eigenvalue weighted by atomic mass is 79.9. The number of rotatable bonds is 2. The second-order valence-corrected chi connectivity index (χ2v) is 5.84. The van der Waals surface area contributed by atoms with Crippen LogP contribution in [0.15, 0.2) is 22.7 Å². The molecule has 1 aromatic rings. The number of halogens is 2. The molecule has 0 saturated carbocycles. The minimum atomic E-state index is 0.596. The Kier molecular flexibility index (Phi) is 5.17. The first-order chi connectivity index (χ1) is 8.31. The van der Waals surface area contributed by atoms with Crippen LogP contribution in [0.5, 0.6) is 0 Å². The van der Waals surface area contributed by atoms with Gasteiger partial charge in [0.15, 0.2) is 0 Å². The highest BCUT2D eigenvalue weighted by molar-refractivity contribution is 9.10. The summed E-state index contributed by atoms with van der Waals surface area (Å²) >= 11 is 9.59. The Morgan fingerprint density at radius 3 is 2.35 bits per heavy atom. The van der Waals surface area contributed by atoms with E-state index in [1.807, 2.05) is 0 Å². The fraction of sp³-hybridized carbons (Fsp3) is 0.571. The molecule has 1 aliphatic heterocycles. The standard InChI is InChI=1S/C14H19BrClN/c15-13-7-6-12(11-16)14(10-13)17-8-4-2-1-3-5-9-17/h6-7,10H,1-5,8-9,11H2. The summed E-state index contributed by atoms with van der Waals surface area (Å²) in [5.74, 6) is 0.596. The van der Waals surface area contributed by atoms with E-state index < -0.39 is 0 Å². The summed E-state index contributed by atoms with van der Waals surface area (Å²) < 4.78 is 1.14. The van der Waals surface area contributed by atoms with Crippen molar-refractivity contribution in [2.45, 2.75) is 38.0 Å². The molecule has 1 nitrogen and oxygen atoms in total. The number of nitrogens with zero attached hydrogens (tertiary/aromatic N) is 1. The van der Waals surface area contributed by atoms with E-state index in [1.165, 1.54) is 56.4 Å². The summed E-state index contributed by atoms with van der Waals surface area (Å²) in [6, 6.07) is 6.41. The van der Waals surface area contributed by atoms with E-state index >= 15 is 0 Å². The third kappa shape index (κ3) is 3.62. The van der Waals surface area contributed by atoms with Gasteiger partial charge in [0, 0.05) is 29.1 Å². The molecule has 1 aliphatic rings. The summed E-state index contributed by atoms with van der Waals surface area (Å²) in [6.07, 6.45) is 6.72. The van der Waals surface area contributed by atoms with Gasteiger partial charge in [-0.2, -0.15) is 0 Å². The van der Waals surface area contributed by atoms with Gasteiger partial charge in [-0.3, -0.25) is 0 Å². The van der Waals surface area contributed by atoms with Gasteiger partial charge < -0.3 is 4.90 Å². The second kappa shape index (κ2) is 6.65. The van der Waals surface area contributed by atoms with Crippen LogP contribution in [0.3, 0.4) is 0 Å². The van der Waals surface area contributed by atoms with Crippen LogP contribution in [0.4, 0.5) is 5.69 Å². The average Bonchev–Trinajstić information content (AvgIpc) is 2.28. The number of hydrogen-bond donors (Lipinski definition) is 0. The van der Waals surface area contributed by atoms with Crippen LogP contribution in [-0.4, -0.2) is 13.1 Å². The van der Waals surface area contributed by atoms with Crippen molar-refractivity contribution in [2.24, 2.45) is 0 Å². The van der Waals surface area contributed by atoms with Crippen molar-refractivity contribution in [3.63, 3.8) is 0 Å². The molecule has 1 fully saturated rings. The average molecular weight is 317 g/mol. The first-order valence-electron chi connectivity index (χ1n) is 6.40. The predicted octanol–water partition coefficient (Wildman–Crippen LogP) is 4.96. The maximum absolute atomic E-state index is 6.03. The third-order valence-electron chi connectivity index (χ3n) is 3.39. The Balaban J connectivity index is 2.20. The minimum Gasteiger partial charge on any atom is -0.371 e. The number of hydrogen-bond acceptors (Lipinski definition) is 1. The number of benzene rings is 1. The van der Waals surface area contributed by atoms with Crippen LogP contribution in [0.25, 0.3) is 0 Å². The molecule has 1 aromatic carbocycles. The van der Waals surface area contributed by atoms with Crippen LogP contribution >= 0.6 is 27.5 Å². The summed E-state index contributed by atoms with van der Waals surface area (Å²) in [5.41, 5.74) is 2.56. The van der Waals surface area contributed by atoms with Gasteiger partial charge in [-0.05, 0) is 30.5 Å². The molecule has 3 heteroatoms. The highest BCUT2D eigenvalue weighted by Crippen LogP contribution is 2.28. The van der Waals surface area contributed by atoms with Crippen LogP contribution in [0.1, 0.15) is 37.7 Å². The molecule has 0 spiro atoms. The Labute approximate surface area is 117 Å². The van der Waals surface area contributed by atoms with E-state index in [9.17, 15) is 0 Å². The Hall–Kier alpha value is -0.210. The van der Waals surface area contributed by atoms with Crippen molar-refractivity contribution >= 4 is 33.2 Å². The summed E-state index contributed by atoms with van der Waals surface area (Å²) in [7, 11) is 0. The lowest BCUT2D eigenvalue weighted by Gasteiger charge is -2.28. The van der Waals surface area contributed by atoms with Crippen molar-refractivity contribution < 1.29 is 0 Å². The maximum atomic E-state index is 6.03. The largest absolute Gasteiger partial charge is 0.371 e. The molecule has 1 heterocycles. The summed E-state index contributed by atoms with van der Waals surface area (Å²) in [6.45, 7) is 2.33. The molecule has 17 heavy (non-hydrogen) atoms. The van der Waals surface area contributed by atoms with Gasteiger partial charge in [-0.25, -0.2) is 0 Å². The molecule has 0 aromatic heterocycles. The normalized spacial score (nSPS) is 17.6. The van der Waals surface area contributed by atoms with Gasteiger partial charge in [0.1, 0.15) is 0 Å². The Bertz CT molecular complexity index is 359. The van der Waals surface area contributed by atoms with Gasteiger partial charge in [-0.1, -0.05) is 41.3 Å². The van der Waals surface area contributed by atoms with Crippen LogP contribution < -0.4 is 4.90 Å². The maximum Gasteiger partial charge on any atom is 0.0494 e. The van der Waals surface area contributed by atoms with Crippen LogP contribution in [-0.2, 0) is 5.88 Å². The van der Waals surface area contributed by atoms with E-state index in [1.54, 1.807) is 0 Å². The molecule has 2 rings (SSSR count). The van der Waals surface area contributed by atoms with E-state index in [2.05, 4.69) is 39.0 Å². The topological polar surface area (TPSA) is 3.24 Å². The lowest BCUT2D eigenvalue weighted by molar-refractivity contribution is 0.556. The monoisotopic (exact) mass is 315 g/mol. The van der Waals surface area contributed by atoms with Crippen molar-refractivity contribution in [3.05, 3.63) is 28.2 Å². The highest BCUT2D eigenvalue weighted by Gasteiger charge is 2.12. The Morgan fingerprint density at radius 2 is 1.71 bits per heavy atom. The predicted molar refractivity (Wildman–Crippen MR) is 79.0 cm³/mol. The Morgan fingerprint density at radius 1 is 1.06 bits per heavy atom. The fourth-order valence-electron chi connectivity index (χ4n) is 2.43. The molecule has 0 radical (unpaired) electrons. The zero-order valence-corrected chi connectivity index (χ0v) is 12.4. The third-order valence-corrected chi connectivity index (χ3v) is 4.17. The SMILES string of the molecule is ClCc1ccc(Br)cc1N1CCCCCCC1. The smallest absolute Gasteiger partial charge is 0.0494 e. The first-order valence-corrected chi connectivity index (χ1v) is 7.73. The van der Waals surface area contributed by atoms with Crippen molar-refractivity contribution in [1.82, 2.24) is 0 Å². The molecule has 0 amide bonds. The molecule has 0 atom stereocenters. The van der Waals surface area contributed by atoms with E-state index in [-0.39, 0.29) is 0 Å². The van der Waals surface area contributed by atoms with E-state index in [0.29, 0.717) is 5.88 Å². The molecule has 0 bridgehead atoms. The van der Waals surface area contributed by atoms with Gasteiger partial charge in [-0.15, -0.1) is 11.6 Å². The van der Waals surface area contributed by atoms with Crippen molar-refractivity contribution in [2.75, 3.05) is 18.0 Å². The first kappa shape index (κ1) is 13.2. The molecule has 0 N–H and O–H groups in total. The zero-order valence-electron chi connectivity index (χ0n) is 10.1. The fourth-order valence-corrected chi connectivity index (χ4v) is 3.01. The quantitative estimate of drug-likeness (QED) is 0.697. The van der Waals surface area contributed by atoms with Crippen molar-refractivity contribution in [1.29, 1.82) is 0 Å². The minimum absolute atomic E-state index is 0.596. The molecular weight excluding hydrogens is 298 g/mol. The number of anilines is 1. The van der Waals surface area contributed by atoms with Crippen LogP contribution in [0, 0.1) is 0 Å². The molecular formula is C14H19BrClN. The number of alkyl halides is 1. The van der Waals surface area contributed by atoms with Gasteiger partial charge in [0.2, 0.25) is 0 Å². The molecule has 0 aliphatic carbocycles. The zero-order chi connectivity index (χ0) is 12.1. The molecule has 94 valence electrons. The lowest BCUT2D eigenvalue weighted by atomic mass is 10.1. The summed E-state index contributed by atoms with van der Waals surface area (Å²) in [4.78, 5) is 2.50. The summed E-state index contributed by atoms with van der Waals surface area (Å²) in [5, 5.41) is 0. The van der Waals surface area contributed by atoms with E-state index in [4.69, 9.17) is 11.6 Å².